The largest absolute Gasteiger partial charge is 0.494 e. The molecule has 1 aromatic heterocycles. The van der Waals surface area contributed by atoms with Crippen molar-refractivity contribution in [1.29, 1.82) is 0 Å². The number of pyridine rings is 1. The van der Waals surface area contributed by atoms with Gasteiger partial charge in [-0.15, -0.1) is 0 Å². The lowest BCUT2D eigenvalue weighted by molar-refractivity contribution is 0.267. The van der Waals surface area contributed by atoms with Gasteiger partial charge in [-0.3, -0.25) is 4.98 Å². The van der Waals surface area contributed by atoms with Gasteiger partial charge in [0, 0.05) is 11.3 Å². The summed E-state index contributed by atoms with van der Waals surface area (Å²) in [6.45, 7) is 4.30. The van der Waals surface area contributed by atoms with Gasteiger partial charge >= 0.3 is 0 Å². The maximum Gasteiger partial charge on any atom is 0.141 e. The van der Waals surface area contributed by atoms with Crippen LogP contribution in [0, 0.1) is 5.82 Å². The number of benzene rings is 1. The molecule has 1 atom stereocenters. The van der Waals surface area contributed by atoms with Gasteiger partial charge in [0.1, 0.15) is 11.6 Å². The third-order valence-corrected chi connectivity index (χ3v) is 3.11. The highest BCUT2D eigenvalue weighted by Gasteiger charge is 2.09. The first-order valence-corrected chi connectivity index (χ1v) is 6.88. The van der Waals surface area contributed by atoms with E-state index >= 15 is 0 Å². The van der Waals surface area contributed by atoms with Crippen LogP contribution in [-0.2, 0) is 6.61 Å². The molecule has 21 heavy (non-hydrogen) atoms. The van der Waals surface area contributed by atoms with E-state index in [1.165, 1.54) is 12.3 Å². The molecule has 4 nitrogen and oxygen atoms in total. The predicted octanol–water partition coefficient (Wildman–Crippen LogP) is 3.28. The molecule has 2 N–H and O–H groups in total. The molecular weight excluding hydrogens is 271 g/mol. The molecule has 0 aliphatic carbocycles. The van der Waals surface area contributed by atoms with E-state index in [2.05, 4.69) is 10.3 Å². The zero-order valence-corrected chi connectivity index (χ0v) is 12.1. The van der Waals surface area contributed by atoms with Gasteiger partial charge in [0.15, 0.2) is 0 Å². The van der Waals surface area contributed by atoms with E-state index in [0.717, 1.165) is 16.9 Å². The van der Waals surface area contributed by atoms with Crippen molar-refractivity contribution < 1.29 is 14.2 Å². The SMILES string of the molecule is CCOc1ccc(NC(C)c2ccc(F)cn2)cc1CO. The van der Waals surface area contributed by atoms with Gasteiger partial charge < -0.3 is 15.2 Å². The van der Waals surface area contributed by atoms with E-state index in [1.807, 2.05) is 32.0 Å². The van der Waals surface area contributed by atoms with Gasteiger partial charge in [0.25, 0.3) is 0 Å². The normalized spacial score (nSPS) is 12.0. The number of aliphatic hydroxyl groups excluding tert-OH is 1. The highest BCUT2D eigenvalue weighted by Crippen LogP contribution is 2.25. The van der Waals surface area contributed by atoms with Gasteiger partial charge in [0.05, 0.1) is 31.1 Å². The van der Waals surface area contributed by atoms with Crippen LogP contribution < -0.4 is 10.1 Å². The van der Waals surface area contributed by atoms with Crippen molar-refractivity contribution in [2.75, 3.05) is 11.9 Å². The molecule has 0 amide bonds. The third kappa shape index (κ3) is 3.92. The van der Waals surface area contributed by atoms with Crippen LogP contribution in [0.25, 0.3) is 0 Å². The Balaban J connectivity index is 2.13. The fourth-order valence-electron chi connectivity index (χ4n) is 2.06. The Labute approximate surface area is 123 Å². The highest BCUT2D eigenvalue weighted by atomic mass is 19.1. The summed E-state index contributed by atoms with van der Waals surface area (Å²) in [6, 6.07) is 8.50. The summed E-state index contributed by atoms with van der Waals surface area (Å²) < 4.78 is 18.3. The predicted molar refractivity (Wildman–Crippen MR) is 79.8 cm³/mol. The molecule has 5 heteroatoms. The Morgan fingerprint density at radius 3 is 2.76 bits per heavy atom. The molecule has 1 heterocycles. The van der Waals surface area contributed by atoms with E-state index in [0.29, 0.717) is 12.4 Å². The maximum absolute atomic E-state index is 12.9. The van der Waals surface area contributed by atoms with Crippen LogP contribution in [0.1, 0.15) is 31.1 Å². The number of nitrogens with zero attached hydrogens (tertiary/aromatic N) is 1. The molecular formula is C16H19FN2O2. The number of hydrogen-bond acceptors (Lipinski definition) is 4. The number of halogens is 1. The minimum Gasteiger partial charge on any atom is -0.494 e. The van der Waals surface area contributed by atoms with Crippen molar-refractivity contribution in [3.8, 4) is 5.75 Å². The Morgan fingerprint density at radius 2 is 2.14 bits per heavy atom. The number of ether oxygens (including phenoxy) is 1. The molecule has 0 radical (unpaired) electrons. The van der Waals surface area contributed by atoms with Crippen LogP contribution >= 0.6 is 0 Å². The molecule has 2 rings (SSSR count). The standard InChI is InChI=1S/C16H19FN2O2/c1-3-21-16-7-5-14(8-12(16)10-20)19-11(2)15-6-4-13(17)9-18-15/h4-9,11,19-20H,3,10H2,1-2H3. The van der Waals surface area contributed by atoms with Gasteiger partial charge in [0.2, 0.25) is 0 Å². The quantitative estimate of drug-likeness (QED) is 0.857. The fraction of sp³-hybridized carbons (Fsp3) is 0.312. The summed E-state index contributed by atoms with van der Waals surface area (Å²) in [5.41, 5.74) is 2.32. The number of aromatic nitrogens is 1. The number of rotatable bonds is 6. The van der Waals surface area contributed by atoms with Gasteiger partial charge in [-0.05, 0) is 44.2 Å². The molecule has 0 spiro atoms. The monoisotopic (exact) mass is 290 g/mol. The molecule has 0 fully saturated rings. The number of hydrogen-bond donors (Lipinski definition) is 2. The lowest BCUT2D eigenvalue weighted by Crippen LogP contribution is -2.09. The summed E-state index contributed by atoms with van der Waals surface area (Å²) in [6.07, 6.45) is 1.20. The first-order valence-electron chi connectivity index (χ1n) is 6.88. The number of nitrogens with one attached hydrogen (secondary N) is 1. The highest BCUT2D eigenvalue weighted by molar-refractivity contribution is 5.52. The second-order valence-electron chi connectivity index (χ2n) is 4.68. The topological polar surface area (TPSA) is 54.4 Å². The van der Waals surface area contributed by atoms with Gasteiger partial charge in [-0.1, -0.05) is 0 Å². The van der Waals surface area contributed by atoms with Crippen molar-refractivity contribution in [2.45, 2.75) is 26.5 Å². The molecule has 112 valence electrons. The third-order valence-electron chi connectivity index (χ3n) is 3.11. The van der Waals surface area contributed by atoms with Crippen LogP contribution in [0.5, 0.6) is 5.75 Å². The van der Waals surface area contributed by atoms with Crippen molar-refractivity contribution in [3.63, 3.8) is 0 Å². The summed E-state index contributed by atoms with van der Waals surface area (Å²) >= 11 is 0. The molecule has 1 unspecified atom stereocenters. The first kappa shape index (κ1) is 15.3. The van der Waals surface area contributed by atoms with Crippen molar-refractivity contribution in [1.82, 2.24) is 4.98 Å². The Hall–Kier alpha value is -2.14. The zero-order valence-electron chi connectivity index (χ0n) is 12.1. The lowest BCUT2D eigenvalue weighted by atomic mass is 10.1. The summed E-state index contributed by atoms with van der Waals surface area (Å²) in [5, 5.41) is 12.7. The van der Waals surface area contributed by atoms with Crippen LogP contribution in [0.4, 0.5) is 10.1 Å². The zero-order chi connectivity index (χ0) is 15.2. The lowest BCUT2D eigenvalue weighted by Gasteiger charge is -2.16. The maximum atomic E-state index is 12.9. The second kappa shape index (κ2) is 7.04. The average Bonchev–Trinajstić information content (AvgIpc) is 2.49. The second-order valence-corrected chi connectivity index (χ2v) is 4.68. The van der Waals surface area contributed by atoms with E-state index < -0.39 is 0 Å². The minimum atomic E-state index is -0.352. The van der Waals surface area contributed by atoms with E-state index in [4.69, 9.17) is 4.74 Å². The van der Waals surface area contributed by atoms with Gasteiger partial charge in [-0.25, -0.2) is 4.39 Å². The van der Waals surface area contributed by atoms with Crippen LogP contribution in [0.2, 0.25) is 0 Å². The molecule has 0 bridgehead atoms. The van der Waals surface area contributed by atoms with Crippen LogP contribution in [0.3, 0.4) is 0 Å². The van der Waals surface area contributed by atoms with E-state index in [-0.39, 0.29) is 18.5 Å². The summed E-state index contributed by atoms with van der Waals surface area (Å²) in [7, 11) is 0. The molecule has 0 saturated heterocycles. The van der Waals surface area contributed by atoms with Crippen molar-refractivity contribution in [3.05, 3.63) is 53.6 Å². The average molecular weight is 290 g/mol. The smallest absolute Gasteiger partial charge is 0.141 e. The molecule has 0 aliphatic heterocycles. The minimum absolute atomic E-state index is 0.0740. The van der Waals surface area contributed by atoms with E-state index in [9.17, 15) is 9.50 Å². The summed E-state index contributed by atoms with van der Waals surface area (Å²) in [5.74, 6) is 0.327. The van der Waals surface area contributed by atoms with E-state index in [1.54, 1.807) is 6.07 Å². The molecule has 0 saturated carbocycles. The Bertz CT molecular complexity index is 587. The molecule has 1 aromatic carbocycles. The molecule has 2 aromatic rings. The Kier molecular flexibility index (Phi) is 5.11. The van der Waals surface area contributed by atoms with Crippen LogP contribution in [0.15, 0.2) is 36.5 Å². The van der Waals surface area contributed by atoms with Crippen molar-refractivity contribution >= 4 is 5.69 Å². The number of aliphatic hydroxyl groups is 1. The first-order chi connectivity index (χ1) is 10.1. The van der Waals surface area contributed by atoms with Crippen LogP contribution in [-0.4, -0.2) is 16.7 Å². The number of anilines is 1. The summed E-state index contributed by atoms with van der Waals surface area (Å²) in [4.78, 5) is 4.05. The molecule has 0 aliphatic rings. The van der Waals surface area contributed by atoms with Gasteiger partial charge in [-0.2, -0.15) is 0 Å². The Morgan fingerprint density at radius 1 is 1.33 bits per heavy atom. The van der Waals surface area contributed by atoms with Crippen molar-refractivity contribution in [2.24, 2.45) is 0 Å². The fourth-order valence-corrected chi connectivity index (χ4v) is 2.06.